The molecule has 2 fully saturated rings. The molecule has 8 atom stereocenters. The lowest BCUT2D eigenvalue weighted by Crippen LogP contribution is -2.44. The van der Waals surface area contributed by atoms with Crippen LogP contribution < -0.4 is 0 Å². The maximum absolute atomic E-state index is 11.0. The number of rotatable bonds is 2. The monoisotopic (exact) mass is 404 g/mol. The molecule has 158 valence electrons. The summed E-state index contributed by atoms with van der Waals surface area (Å²) in [5.41, 5.74) is 1.29. The molecule has 0 aliphatic carbocycles. The first-order valence-corrected chi connectivity index (χ1v) is 10.1. The molecule has 29 heavy (non-hydrogen) atoms. The van der Waals surface area contributed by atoms with Crippen LogP contribution in [0.25, 0.3) is 10.8 Å². The van der Waals surface area contributed by atoms with E-state index >= 15 is 0 Å². The number of phenols is 1. The van der Waals surface area contributed by atoms with Gasteiger partial charge in [0.05, 0.1) is 36.6 Å². The number of benzene rings is 2. The zero-order valence-corrected chi connectivity index (χ0v) is 16.5. The van der Waals surface area contributed by atoms with Crippen LogP contribution in [0.2, 0.25) is 0 Å². The normalized spacial score (nSPS) is 38.3. The fraction of sp³-hybridized carbons (Fsp3) is 0.545. The Bertz CT molecular complexity index is 861. The van der Waals surface area contributed by atoms with Crippen LogP contribution in [0.3, 0.4) is 0 Å². The summed E-state index contributed by atoms with van der Waals surface area (Å²) in [6.07, 6.45) is -5.61. The Labute approximate surface area is 169 Å². The average molecular weight is 404 g/mol. The van der Waals surface area contributed by atoms with Crippen LogP contribution in [0, 0.1) is 0 Å². The van der Waals surface area contributed by atoms with Crippen LogP contribution in [0.5, 0.6) is 5.75 Å². The van der Waals surface area contributed by atoms with E-state index in [1.165, 1.54) is 0 Å². The number of aliphatic hydroxyl groups is 4. The van der Waals surface area contributed by atoms with E-state index in [4.69, 9.17) is 9.47 Å². The van der Waals surface area contributed by atoms with Gasteiger partial charge in [-0.2, -0.15) is 0 Å². The Morgan fingerprint density at radius 1 is 0.759 bits per heavy atom. The quantitative estimate of drug-likeness (QED) is 0.517. The third kappa shape index (κ3) is 3.63. The van der Waals surface area contributed by atoms with Gasteiger partial charge in [0.25, 0.3) is 0 Å². The molecule has 7 nitrogen and oxygen atoms in total. The first kappa shape index (κ1) is 20.5. The highest BCUT2D eigenvalue weighted by atomic mass is 16.5. The zero-order chi connectivity index (χ0) is 20.9. The highest BCUT2D eigenvalue weighted by molar-refractivity contribution is 5.92. The molecule has 2 saturated heterocycles. The number of aromatic hydroxyl groups is 1. The molecule has 0 radical (unpaired) electrons. The van der Waals surface area contributed by atoms with Crippen LogP contribution in [0.1, 0.15) is 50.0 Å². The average Bonchev–Trinajstić information content (AvgIpc) is 2.70. The molecule has 2 aromatic carbocycles. The highest BCUT2D eigenvalue weighted by Crippen LogP contribution is 2.44. The van der Waals surface area contributed by atoms with Crippen molar-refractivity contribution in [2.24, 2.45) is 0 Å². The van der Waals surface area contributed by atoms with Crippen LogP contribution in [0.4, 0.5) is 0 Å². The Kier molecular flexibility index (Phi) is 5.54. The molecule has 7 heteroatoms. The Morgan fingerprint density at radius 3 is 1.76 bits per heavy atom. The van der Waals surface area contributed by atoms with E-state index in [1.54, 1.807) is 26.0 Å². The van der Waals surface area contributed by atoms with E-state index in [1.807, 2.05) is 18.2 Å². The smallest absolute Gasteiger partial charge is 0.129 e. The van der Waals surface area contributed by atoms with Gasteiger partial charge in [-0.1, -0.05) is 24.3 Å². The van der Waals surface area contributed by atoms with Gasteiger partial charge in [0.15, 0.2) is 0 Å². The predicted molar refractivity (Wildman–Crippen MR) is 105 cm³/mol. The molecule has 4 rings (SSSR count). The Hall–Kier alpha value is -1.74. The van der Waals surface area contributed by atoms with Gasteiger partial charge in [0.1, 0.15) is 18.0 Å². The topological polar surface area (TPSA) is 120 Å². The second-order valence-electron chi connectivity index (χ2n) is 8.20. The summed E-state index contributed by atoms with van der Waals surface area (Å²) < 4.78 is 11.9. The van der Waals surface area contributed by atoms with E-state index < -0.39 is 48.8 Å². The standard InChI is InChI=1S/C22H28O7/c1-10-20(25)16(23)8-18(28-10)14-7-15(19-9-17(24)21(26)11(2)29-19)22(27)13-6-4-3-5-12(13)14/h3-7,10-11,16-21,23-27H,8-9H2,1-2H3/t10-,11-,16-,17-,18-,19-,20-,21-/m0/s1. The molecule has 0 aromatic heterocycles. The molecule has 0 amide bonds. The number of hydrogen-bond donors (Lipinski definition) is 5. The van der Waals surface area contributed by atoms with Crippen molar-refractivity contribution in [2.45, 2.75) is 75.5 Å². The molecule has 2 heterocycles. The number of fused-ring (bicyclic) bond motifs is 1. The minimum atomic E-state index is -0.979. The fourth-order valence-electron chi connectivity index (χ4n) is 4.46. The van der Waals surface area contributed by atoms with Crippen molar-refractivity contribution in [1.29, 1.82) is 0 Å². The van der Waals surface area contributed by atoms with Gasteiger partial charge in [-0.25, -0.2) is 0 Å². The molecule has 0 saturated carbocycles. The van der Waals surface area contributed by atoms with Gasteiger partial charge in [-0.05, 0) is 30.9 Å². The molecule has 0 unspecified atom stereocenters. The zero-order valence-electron chi connectivity index (χ0n) is 16.5. The minimum Gasteiger partial charge on any atom is -0.507 e. The molecular weight excluding hydrogens is 376 g/mol. The maximum Gasteiger partial charge on any atom is 0.129 e. The summed E-state index contributed by atoms with van der Waals surface area (Å²) in [6, 6.07) is 9.15. The lowest BCUT2D eigenvalue weighted by atomic mass is 9.87. The van der Waals surface area contributed by atoms with Crippen molar-refractivity contribution in [2.75, 3.05) is 0 Å². The van der Waals surface area contributed by atoms with Crippen molar-refractivity contribution >= 4 is 10.8 Å². The van der Waals surface area contributed by atoms with Crippen molar-refractivity contribution in [3.8, 4) is 5.75 Å². The van der Waals surface area contributed by atoms with Crippen molar-refractivity contribution in [3.63, 3.8) is 0 Å². The first-order chi connectivity index (χ1) is 13.8. The molecule has 2 aromatic rings. The van der Waals surface area contributed by atoms with Crippen LogP contribution >= 0.6 is 0 Å². The second-order valence-corrected chi connectivity index (χ2v) is 8.20. The number of phenolic OH excluding ortho intramolecular Hbond substituents is 1. The third-order valence-electron chi connectivity index (χ3n) is 6.19. The summed E-state index contributed by atoms with van der Waals surface area (Å²) in [7, 11) is 0. The van der Waals surface area contributed by atoms with Gasteiger partial charge in [-0.15, -0.1) is 0 Å². The van der Waals surface area contributed by atoms with Gasteiger partial charge < -0.3 is 35.0 Å². The van der Waals surface area contributed by atoms with Gasteiger partial charge in [0, 0.05) is 23.8 Å². The highest BCUT2D eigenvalue weighted by Gasteiger charge is 2.38. The van der Waals surface area contributed by atoms with E-state index in [0.717, 1.165) is 10.9 Å². The minimum absolute atomic E-state index is 0.0644. The Balaban J connectivity index is 1.80. The van der Waals surface area contributed by atoms with E-state index in [0.29, 0.717) is 10.9 Å². The molecule has 2 aliphatic heterocycles. The molecule has 5 N–H and O–H groups in total. The maximum atomic E-state index is 11.0. The first-order valence-electron chi connectivity index (χ1n) is 10.1. The lowest BCUT2D eigenvalue weighted by Gasteiger charge is -2.38. The van der Waals surface area contributed by atoms with Gasteiger partial charge in [-0.3, -0.25) is 0 Å². The van der Waals surface area contributed by atoms with Crippen molar-refractivity contribution in [3.05, 3.63) is 41.5 Å². The van der Waals surface area contributed by atoms with Crippen LogP contribution in [0.15, 0.2) is 30.3 Å². The summed E-state index contributed by atoms with van der Waals surface area (Å²) in [5, 5.41) is 52.8. The largest absolute Gasteiger partial charge is 0.507 e. The SMILES string of the molecule is C[C@@H]1O[C@H](c2cc([C@@H]3C[C@H](O)[C@@H](O)[C@H](C)O3)c3ccccc3c2O)C[C@H](O)[C@H]1O. The van der Waals surface area contributed by atoms with Crippen LogP contribution in [-0.4, -0.2) is 62.2 Å². The fourth-order valence-corrected chi connectivity index (χ4v) is 4.46. The van der Waals surface area contributed by atoms with E-state index in [-0.39, 0.29) is 18.6 Å². The summed E-state index contributed by atoms with van der Waals surface area (Å²) in [4.78, 5) is 0. The van der Waals surface area contributed by atoms with E-state index in [2.05, 4.69) is 0 Å². The number of hydrogen-bond acceptors (Lipinski definition) is 7. The van der Waals surface area contributed by atoms with Gasteiger partial charge >= 0.3 is 0 Å². The van der Waals surface area contributed by atoms with Gasteiger partial charge in [0.2, 0.25) is 0 Å². The lowest BCUT2D eigenvalue weighted by molar-refractivity contribution is -0.165. The van der Waals surface area contributed by atoms with Crippen molar-refractivity contribution < 1.29 is 35.0 Å². The summed E-state index contributed by atoms with van der Waals surface area (Å²) in [6.45, 7) is 3.40. The summed E-state index contributed by atoms with van der Waals surface area (Å²) >= 11 is 0. The second kappa shape index (κ2) is 7.83. The predicted octanol–water partition coefficient (Wildman–Crippen LogP) is 1.69. The summed E-state index contributed by atoms with van der Waals surface area (Å²) in [5.74, 6) is 0.0644. The third-order valence-corrected chi connectivity index (χ3v) is 6.19. The van der Waals surface area contributed by atoms with E-state index in [9.17, 15) is 25.5 Å². The molecule has 0 bridgehead atoms. The van der Waals surface area contributed by atoms with Crippen molar-refractivity contribution in [1.82, 2.24) is 0 Å². The molecule has 0 spiro atoms. The molecular formula is C22H28O7. The number of ether oxygens (including phenoxy) is 2. The Morgan fingerprint density at radius 2 is 1.24 bits per heavy atom. The number of aliphatic hydroxyl groups excluding tert-OH is 4. The molecule has 2 aliphatic rings. The van der Waals surface area contributed by atoms with Crippen LogP contribution in [-0.2, 0) is 9.47 Å².